The van der Waals surface area contributed by atoms with Crippen LogP contribution in [0.4, 0.5) is 5.69 Å². The molecule has 0 fully saturated rings. The second-order valence-electron chi connectivity index (χ2n) is 4.29. The van der Waals surface area contributed by atoms with Crippen LogP contribution in [0.15, 0.2) is 41.5 Å². The van der Waals surface area contributed by atoms with Crippen LogP contribution >= 0.6 is 34.8 Å². The van der Waals surface area contributed by atoms with Crippen molar-refractivity contribution in [3.05, 3.63) is 72.7 Å². The highest BCUT2D eigenvalue weighted by atomic mass is 35.5. The standard InChI is InChI=1S/C14H8Cl3N3O3/c15-9-2-3-10(12(17)6-9)14(21)19-18-7-8-1-4-11(16)13(5-8)20(22)23/h1-7H,(H,19,21)/b18-7+. The lowest BCUT2D eigenvalue weighted by atomic mass is 10.2. The number of nitrogens with zero attached hydrogens (tertiary/aromatic N) is 2. The van der Waals surface area contributed by atoms with Gasteiger partial charge in [0.25, 0.3) is 11.6 Å². The van der Waals surface area contributed by atoms with E-state index in [1.807, 2.05) is 0 Å². The first-order valence-electron chi connectivity index (χ1n) is 6.11. The average Bonchev–Trinajstić information content (AvgIpc) is 2.48. The molecule has 0 saturated heterocycles. The molecule has 0 heterocycles. The lowest BCUT2D eigenvalue weighted by Crippen LogP contribution is -2.18. The molecular weight excluding hydrogens is 365 g/mol. The van der Waals surface area contributed by atoms with Gasteiger partial charge in [0.1, 0.15) is 5.02 Å². The van der Waals surface area contributed by atoms with Crippen LogP contribution in [0.2, 0.25) is 15.1 Å². The topological polar surface area (TPSA) is 84.6 Å². The van der Waals surface area contributed by atoms with Gasteiger partial charge < -0.3 is 0 Å². The Morgan fingerprint density at radius 3 is 2.52 bits per heavy atom. The number of carbonyl (C=O) groups is 1. The monoisotopic (exact) mass is 371 g/mol. The Kier molecular flexibility index (Phi) is 5.54. The van der Waals surface area contributed by atoms with Gasteiger partial charge in [0, 0.05) is 16.7 Å². The molecule has 6 nitrogen and oxygen atoms in total. The summed E-state index contributed by atoms with van der Waals surface area (Å²) in [7, 11) is 0. The molecule has 2 aromatic rings. The number of nitro groups is 1. The molecule has 0 saturated carbocycles. The van der Waals surface area contributed by atoms with E-state index < -0.39 is 10.8 Å². The maximum Gasteiger partial charge on any atom is 0.288 e. The van der Waals surface area contributed by atoms with Gasteiger partial charge in [0.2, 0.25) is 0 Å². The quantitative estimate of drug-likeness (QED) is 0.493. The SMILES string of the molecule is O=C(N/N=C/c1ccc(Cl)c([N+](=O)[O-])c1)c1ccc(Cl)cc1Cl. The Balaban J connectivity index is 2.11. The van der Waals surface area contributed by atoms with E-state index in [-0.39, 0.29) is 21.3 Å². The van der Waals surface area contributed by atoms with E-state index in [9.17, 15) is 14.9 Å². The highest BCUT2D eigenvalue weighted by Crippen LogP contribution is 2.24. The third-order valence-electron chi connectivity index (χ3n) is 2.72. The molecule has 1 N–H and O–H groups in total. The lowest BCUT2D eigenvalue weighted by Gasteiger charge is -2.03. The summed E-state index contributed by atoms with van der Waals surface area (Å²) in [6, 6.07) is 8.56. The number of benzene rings is 2. The van der Waals surface area contributed by atoms with Crippen LogP contribution in [-0.2, 0) is 0 Å². The van der Waals surface area contributed by atoms with Crippen LogP contribution in [0.5, 0.6) is 0 Å². The first-order chi connectivity index (χ1) is 10.9. The number of amides is 1. The van der Waals surface area contributed by atoms with Crippen molar-refractivity contribution in [1.82, 2.24) is 5.43 Å². The van der Waals surface area contributed by atoms with Crippen LogP contribution in [-0.4, -0.2) is 17.0 Å². The summed E-state index contributed by atoms with van der Waals surface area (Å²) in [6.07, 6.45) is 1.26. The van der Waals surface area contributed by atoms with Gasteiger partial charge in [-0.05, 0) is 24.3 Å². The van der Waals surface area contributed by atoms with Crippen molar-refractivity contribution in [2.24, 2.45) is 5.10 Å². The Morgan fingerprint density at radius 1 is 1.13 bits per heavy atom. The van der Waals surface area contributed by atoms with Crippen molar-refractivity contribution in [2.75, 3.05) is 0 Å². The van der Waals surface area contributed by atoms with Gasteiger partial charge in [-0.3, -0.25) is 14.9 Å². The first-order valence-corrected chi connectivity index (χ1v) is 7.24. The number of hydrogen-bond acceptors (Lipinski definition) is 4. The Hall–Kier alpha value is -2.15. The van der Waals surface area contributed by atoms with E-state index in [4.69, 9.17) is 34.8 Å². The molecule has 0 bridgehead atoms. The van der Waals surface area contributed by atoms with Crippen LogP contribution in [0.3, 0.4) is 0 Å². The van der Waals surface area contributed by atoms with Gasteiger partial charge >= 0.3 is 0 Å². The fraction of sp³-hybridized carbons (Fsp3) is 0. The molecule has 0 aromatic heterocycles. The van der Waals surface area contributed by atoms with E-state index in [0.717, 1.165) is 0 Å². The molecule has 0 unspecified atom stereocenters. The van der Waals surface area contributed by atoms with Crippen molar-refractivity contribution in [3.63, 3.8) is 0 Å². The fourth-order valence-electron chi connectivity index (χ4n) is 1.65. The minimum absolute atomic E-state index is 0.0177. The predicted octanol–water partition coefficient (Wildman–Crippen LogP) is 4.32. The van der Waals surface area contributed by atoms with Gasteiger partial charge in [-0.1, -0.05) is 40.9 Å². The number of hydrogen-bond donors (Lipinski definition) is 1. The molecule has 2 rings (SSSR count). The largest absolute Gasteiger partial charge is 0.288 e. The molecule has 1 amide bonds. The summed E-state index contributed by atoms with van der Waals surface area (Å²) in [5.41, 5.74) is 2.63. The summed E-state index contributed by atoms with van der Waals surface area (Å²) < 4.78 is 0. The third kappa shape index (κ3) is 4.41. The fourth-order valence-corrected chi connectivity index (χ4v) is 2.33. The zero-order chi connectivity index (χ0) is 17.0. The predicted molar refractivity (Wildman–Crippen MR) is 89.6 cm³/mol. The second-order valence-corrected chi connectivity index (χ2v) is 5.54. The summed E-state index contributed by atoms with van der Waals surface area (Å²) in [6.45, 7) is 0. The van der Waals surface area contributed by atoms with Crippen LogP contribution in [0.1, 0.15) is 15.9 Å². The normalized spacial score (nSPS) is 10.7. The minimum Gasteiger partial charge on any atom is -0.267 e. The molecule has 0 spiro atoms. The maximum absolute atomic E-state index is 11.9. The second kappa shape index (κ2) is 7.41. The zero-order valence-corrected chi connectivity index (χ0v) is 13.6. The molecule has 118 valence electrons. The summed E-state index contributed by atoms with van der Waals surface area (Å²) >= 11 is 17.4. The van der Waals surface area contributed by atoms with Gasteiger partial charge in [-0.2, -0.15) is 5.10 Å². The number of nitrogens with one attached hydrogen (secondary N) is 1. The molecular formula is C14H8Cl3N3O3. The zero-order valence-electron chi connectivity index (χ0n) is 11.3. The van der Waals surface area contributed by atoms with E-state index in [0.29, 0.717) is 10.6 Å². The van der Waals surface area contributed by atoms with Crippen LogP contribution < -0.4 is 5.43 Å². The minimum atomic E-state index is -0.605. The van der Waals surface area contributed by atoms with E-state index in [1.165, 1.54) is 42.6 Å². The molecule has 0 aliphatic heterocycles. The molecule has 0 aliphatic rings. The molecule has 0 aliphatic carbocycles. The number of carbonyl (C=O) groups excluding carboxylic acids is 1. The van der Waals surface area contributed by atoms with Gasteiger partial charge in [-0.15, -0.1) is 0 Å². The van der Waals surface area contributed by atoms with E-state index in [1.54, 1.807) is 0 Å². The Morgan fingerprint density at radius 2 is 1.87 bits per heavy atom. The molecule has 0 atom stereocenters. The smallest absolute Gasteiger partial charge is 0.267 e. The van der Waals surface area contributed by atoms with Crippen LogP contribution in [0, 0.1) is 10.1 Å². The highest BCUT2D eigenvalue weighted by molar-refractivity contribution is 6.36. The molecule has 2 aromatic carbocycles. The Bertz CT molecular complexity index is 809. The van der Waals surface area contributed by atoms with Gasteiger partial charge in [0.15, 0.2) is 0 Å². The van der Waals surface area contributed by atoms with Crippen molar-refractivity contribution in [2.45, 2.75) is 0 Å². The van der Waals surface area contributed by atoms with Crippen molar-refractivity contribution in [1.29, 1.82) is 0 Å². The van der Waals surface area contributed by atoms with E-state index in [2.05, 4.69) is 10.5 Å². The van der Waals surface area contributed by atoms with Crippen molar-refractivity contribution in [3.8, 4) is 0 Å². The Labute approximate surface area is 145 Å². The van der Waals surface area contributed by atoms with E-state index >= 15 is 0 Å². The van der Waals surface area contributed by atoms with Crippen LogP contribution in [0.25, 0.3) is 0 Å². The number of rotatable bonds is 4. The average molecular weight is 373 g/mol. The molecule has 9 heteroatoms. The van der Waals surface area contributed by atoms with Gasteiger partial charge in [-0.25, -0.2) is 5.43 Å². The third-order valence-corrected chi connectivity index (χ3v) is 3.59. The summed E-state index contributed by atoms with van der Waals surface area (Å²) in [5.74, 6) is -0.536. The highest BCUT2D eigenvalue weighted by Gasteiger charge is 2.12. The van der Waals surface area contributed by atoms with Crippen molar-refractivity contribution < 1.29 is 9.72 Å². The first kappa shape index (κ1) is 17.2. The van der Waals surface area contributed by atoms with Gasteiger partial charge in [0.05, 0.1) is 21.7 Å². The molecule has 0 radical (unpaired) electrons. The maximum atomic E-state index is 11.9. The summed E-state index contributed by atoms with van der Waals surface area (Å²) in [5, 5.41) is 15.1. The lowest BCUT2D eigenvalue weighted by molar-refractivity contribution is -0.384. The number of hydrazone groups is 1. The number of halogens is 3. The molecule has 23 heavy (non-hydrogen) atoms. The number of nitro benzene ring substituents is 1. The van der Waals surface area contributed by atoms with Crippen molar-refractivity contribution >= 4 is 52.6 Å². The summed E-state index contributed by atoms with van der Waals surface area (Å²) in [4.78, 5) is 22.1.